The van der Waals surface area contributed by atoms with Gasteiger partial charge in [0.1, 0.15) is 11.5 Å². The molecule has 0 saturated heterocycles. The molecule has 4 nitrogen and oxygen atoms in total. The van der Waals surface area contributed by atoms with E-state index in [1.807, 2.05) is 30.3 Å². The Morgan fingerprint density at radius 1 is 1.33 bits per heavy atom. The average Bonchev–Trinajstić information content (AvgIpc) is 3.24. The maximum Gasteiger partial charge on any atom is 0.176 e. The molecule has 0 spiro atoms. The molecule has 0 atom stereocenters. The highest BCUT2D eigenvalue weighted by molar-refractivity contribution is 5.98. The second-order valence-corrected chi connectivity index (χ2v) is 5.37. The third-order valence-electron chi connectivity index (χ3n) is 3.74. The van der Waals surface area contributed by atoms with E-state index in [1.54, 1.807) is 19.4 Å². The van der Waals surface area contributed by atoms with Crippen LogP contribution in [0.15, 0.2) is 47.1 Å². The number of carbonyl (C=O) groups is 1. The van der Waals surface area contributed by atoms with E-state index in [0.29, 0.717) is 30.4 Å². The van der Waals surface area contributed by atoms with Gasteiger partial charge in [-0.3, -0.25) is 9.69 Å². The number of benzene rings is 1. The summed E-state index contributed by atoms with van der Waals surface area (Å²) in [7, 11) is 1.61. The van der Waals surface area contributed by atoms with Gasteiger partial charge in [-0.15, -0.1) is 0 Å². The first-order chi connectivity index (χ1) is 10.3. The van der Waals surface area contributed by atoms with Crippen molar-refractivity contribution in [3.8, 4) is 5.75 Å². The molecular formula is C17H19NO3. The number of furan rings is 1. The Morgan fingerprint density at radius 2 is 2.19 bits per heavy atom. The molecule has 0 bridgehead atoms. The van der Waals surface area contributed by atoms with E-state index in [2.05, 4.69) is 4.90 Å². The first kappa shape index (κ1) is 13.9. The Kier molecular flexibility index (Phi) is 4.06. The molecule has 3 rings (SSSR count). The highest BCUT2D eigenvalue weighted by Crippen LogP contribution is 2.28. The first-order valence-corrected chi connectivity index (χ1v) is 7.20. The predicted molar refractivity (Wildman–Crippen MR) is 79.5 cm³/mol. The maximum atomic E-state index is 12.5. The Labute approximate surface area is 124 Å². The average molecular weight is 285 g/mol. The summed E-state index contributed by atoms with van der Waals surface area (Å²) >= 11 is 0. The van der Waals surface area contributed by atoms with Gasteiger partial charge in [0, 0.05) is 11.6 Å². The van der Waals surface area contributed by atoms with Crippen LogP contribution in [0.5, 0.6) is 5.75 Å². The molecule has 1 saturated carbocycles. The molecule has 1 aliphatic carbocycles. The van der Waals surface area contributed by atoms with Crippen LogP contribution in [0.2, 0.25) is 0 Å². The topological polar surface area (TPSA) is 42.7 Å². The molecule has 4 heteroatoms. The maximum absolute atomic E-state index is 12.5. The van der Waals surface area contributed by atoms with Crippen molar-refractivity contribution < 1.29 is 13.9 Å². The minimum Gasteiger partial charge on any atom is -0.497 e. The van der Waals surface area contributed by atoms with Gasteiger partial charge in [0.2, 0.25) is 0 Å². The van der Waals surface area contributed by atoms with E-state index in [1.165, 1.54) is 0 Å². The number of carbonyl (C=O) groups excluding carboxylic acids is 1. The molecule has 0 amide bonds. The Bertz CT molecular complexity index is 602. The number of rotatable bonds is 7. The van der Waals surface area contributed by atoms with Crippen molar-refractivity contribution in [2.24, 2.45) is 0 Å². The summed E-state index contributed by atoms with van der Waals surface area (Å²) in [5, 5.41) is 0. The Hall–Kier alpha value is -2.07. The summed E-state index contributed by atoms with van der Waals surface area (Å²) in [5.74, 6) is 1.73. The summed E-state index contributed by atoms with van der Waals surface area (Å²) in [6, 6.07) is 11.7. The van der Waals surface area contributed by atoms with Gasteiger partial charge in [-0.1, -0.05) is 12.1 Å². The molecular weight excluding hydrogens is 266 g/mol. The van der Waals surface area contributed by atoms with Crippen LogP contribution in [-0.2, 0) is 6.54 Å². The Morgan fingerprint density at radius 3 is 2.86 bits per heavy atom. The van der Waals surface area contributed by atoms with Crippen LogP contribution in [0.4, 0.5) is 0 Å². The van der Waals surface area contributed by atoms with Crippen LogP contribution in [0.25, 0.3) is 0 Å². The van der Waals surface area contributed by atoms with Gasteiger partial charge in [0.25, 0.3) is 0 Å². The molecule has 1 aromatic heterocycles. The standard InChI is InChI=1S/C17H19NO3/c1-20-15-5-2-4-13(10-15)17(19)12-18(14-7-8-14)11-16-6-3-9-21-16/h2-6,9-10,14H,7-8,11-12H2,1H3. The second kappa shape index (κ2) is 6.14. The minimum absolute atomic E-state index is 0.118. The van der Waals surface area contributed by atoms with E-state index in [4.69, 9.17) is 9.15 Å². The normalized spacial score (nSPS) is 14.4. The summed E-state index contributed by atoms with van der Waals surface area (Å²) in [4.78, 5) is 14.7. The molecule has 0 unspecified atom stereocenters. The monoisotopic (exact) mass is 285 g/mol. The third-order valence-corrected chi connectivity index (χ3v) is 3.74. The highest BCUT2D eigenvalue weighted by Gasteiger charge is 2.31. The number of Topliss-reactive ketones (excluding diaryl/α,β-unsaturated/α-hetero) is 1. The van der Waals surface area contributed by atoms with Crippen molar-refractivity contribution in [2.75, 3.05) is 13.7 Å². The number of ketones is 1. The molecule has 110 valence electrons. The van der Waals surface area contributed by atoms with Crippen molar-refractivity contribution >= 4 is 5.78 Å². The molecule has 1 fully saturated rings. The van der Waals surface area contributed by atoms with Gasteiger partial charge < -0.3 is 9.15 Å². The third kappa shape index (κ3) is 3.52. The molecule has 0 aliphatic heterocycles. The summed E-state index contributed by atoms with van der Waals surface area (Å²) in [6.45, 7) is 1.10. The fourth-order valence-corrected chi connectivity index (χ4v) is 2.43. The summed E-state index contributed by atoms with van der Waals surface area (Å²) in [5.41, 5.74) is 0.694. The molecule has 1 heterocycles. The van der Waals surface area contributed by atoms with E-state index < -0.39 is 0 Å². The number of ether oxygens (including phenoxy) is 1. The van der Waals surface area contributed by atoms with E-state index in [-0.39, 0.29) is 5.78 Å². The highest BCUT2D eigenvalue weighted by atomic mass is 16.5. The molecule has 21 heavy (non-hydrogen) atoms. The number of hydrogen-bond donors (Lipinski definition) is 0. The van der Waals surface area contributed by atoms with Crippen molar-refractivity contribution in [1.82, 2.24) is 4.90 Å². The van der Waals surface area contributed by atoms with Crippen LogP contribution >= 0.6 is 0 Å². The lowest BCUT2D eigenvalue weighted by Gasteiger charge is -2.20. The SMILES string of the molecule is COc1cccc(C(=O)CN(Cc2ccco2)C2CC2)c1. The lowest BCUT2D eigenvalue weighted by atomic mass is 10.1. The van der Waals surface area contributed by atoms with Crippen LogP contribution in [-0.4, -0.2) is 30.4 Å². The molecule has 0 N–H and O–H groups in total. The number of methoxy groups -OCH3 is 1. The van der Waals surface area contributed by atoms with Gasteiger partial charge in [0.05, 0.1) is 26.5 Å². The smallest absolute Gasteiger partial charge is 0.176 e. The van der Waals surface area contributed by atoms with Crippen LogP contribution in [0.1, 0.15) is 29.0 Å². The van der Waals surface area contributed by atoms with Crippen LogP contribution < -0.4 is 4.74 Å². The minimum atomic E-state index is 0.118. The van der Waals surface area contributed by atoms with Crippen LogP contribution in [0, 0.1) is 0 Å². The van der Waals surface area contributed by atoms with Gasteiger partial charge >= 0.3 is 0 Å². The van der Waals surface area contributed by atoms with Crippen molar-refractivity contribution in [3.05, 3.63) is 54.0 Å². The number of nitrogens with zero attached hydrogens (tertiary/aromatic N) is 1. The van der Waals surface area contributed by atoms with Crippen molar-refractivity contribution in [3.63, 3.8) is 0 Å². The van der Waals surface area contributed by atoms with Crippen LogP contribution in [0.3, 0.4) is 0 Å². The van der Waals surface area contributed by atoms with Gasteiger partial charge in [-0.25, -0.2) is 0 Å². The second-order valence-electron chi connectivity index (χ2n) is 5.37. The molecule has 2 aromatic rings. The lowest BCUT2D eigenvalue weighted by molar-refractivity contribution is 0.0913. The molecule has 1 aromatic carbocycles. The molecule has 1 aliphatic rings. The van der Waals surface area contributed by atoms with Gasteiger partial charge in [-0.05, 0) is 37.1 Å². The molecule has 0 radical (unpaired) electrons. The van der Waals surface area contributed by atoms with E-state index in [0.717, 1.165) is 18.6 Å². The van der Waals surface area contributed by atoms with Crippen molar-refractivity contribution in [1.29, 1.82) is 0 Å². The number of hydrogen-bond acceptors (Lipinski definition) is 4. The largest absolute Gasteiger partial charge is 0.497 e. The summed E-state index contributed by atoms with van der Waals surface area (Å²) < 4.78 is 10.6. The fourth-order valence-electron chi connectivity index (χ4n) is 2.43. The van der Waals surface area contributed by atoms with E-state index >= 15 is 0 Å². The van der Waals surface area contributed by atoms with Gasteiger partial charge in [0.15, 0.2) is 5.78 Å². The first-order valence-electron chi connectivity index (χ1n) is 7.20. The quantitative estimate of drug-likeness (QED) is 0.733. The fraction of sp³-hybridized carbons (Fsp3) is 0.353. The zero-order chi connectivity index (χ0) is 14.7. The predicted octanol–water partition coefficient (Wildman–Crippen LogP) is 3.14. The zero-order valence-electron chi connectivity index (χ0n) is 12.1. The van der Waals surface area contributed by atoms with Crippen molar-refractivity contribution in [2.45, 2.75) is 25.4 Å². The summed E-state index contributed by atoms with van der Waals surface area (Å²) in [6.07, 6.45) is 3.99. The Balaban J connectivity index is 1.68. The zero-order valence-corrected chi connectivity index (χ0v) is 12.1. The lowest BCUT2D eigenvalue weighted by Crippen LogP contribution is -2.31. The van der Waals surface area contributed by atoms with E-state index in [9.17, 15) is 4.79 Å². The van der Waals surface area contributed by atoms with Gasteiger partial charge in [-0.2, -0.15) is 0 Å².